The zero-order valence-electron chi connectivity index (χ0n) is 13.5. The summed E-state index contributed by atoms with van der Waals surface area (Å²) in [6, 6.07) is -0.212. The van der Waals surface area contributed by atoms with Crippen molar-refractivity contribution in [3.8, 4) is 0 Å². The van der Waals surface area contributed by atoms with E-state index in [0.29, 0.717) is 6.61 Å². The average Bonchev–Trinajstić information content (AvgIpc) is 3.25. The fourth-order valence-electron chi connectivity index (χ4n) is 3.78. The summed E-state index contributed by atoms with van der Waals surface area (Å²) in [4.78, 5) is 18.1. The number of carbonyl (C=O) groups is 1. The highest BCUT2D eigenvalue weighted by atomic mass is 16.6. The zero-order valence-corrected chi connectivity index (χ0v) is 13.5. The quantitative estimate of drug-likeness (QED) is 0.906. The lowest BCUT2D eigenvalue weighted by molar-refractivity contribution is -0.177. The van der Waals surface area contributed by atoms with Crippen molar-refractivity contribution in [2.24, 2.45) is 5.92 Å². The summed E-state index contributed by atoms with van der Waals surface area (Å²) in [6.07, 6.45) is 4.95. The van der Waals surface area contributed by atoms with E-state index in [4.69, 9.17) is 9.47 Å². The molecule has 3 aliphatic heterocycles. The van der Waals surface area contributed by atoms with E-state index in [-0.39, 0.29) is 36.0 Å². The summed E-state index contributed by atoms with van der Waals surface area (Å²) in [5.74, 6) is 0.270. The van der Waals surface area contributed by atoms with Crippen molar-refractivity contribution in [3.05, 3.63) is 24.4 Å². The summed E-state index contributed by atoms with van der Waals surface area (Å²) in [5.41, 5.74) is 0.680. The van der Waals surface area contributed by atoms with Crippen LogP contribution in [0.4, 0.5) is 4.79 Å². The normalized spacial score (nSPS) is 39.5. The Balaban J connectivity index is 1.60. The van der Waals surface area contributed by atoms with E-state index < -0.39 is 0 Å². The van der Waals surface area contributed by atoms with E-state index in [1.54, 1.807) is 15.9 Å². The molecule has 124 valence electrons. The summed E-state index contributed by atoms with van der Waals surface area (Å²) in [7, 11) is 0. The summed E-state index contributed by atoms with van der Waals surface area (Å²) in [6.45, 7) is 6.79. The van der Waals surface area contributed by atoms with Crippen LogP contribution >= 0.6 is 0 Å². The molecule has 2 saturated heterocycles. The first-order valence-electron chi connectivity index (χ1n) is 7.96. The van der Waals surface area contributed by atoms with Crippen LogP contribution in [0.25, 0.3) is 0 Å². The second kappa shape index (κ2) is 5.04. The molecule has 1 N–H and O–H groups in total. The second-order valence-corrected chi connectivity index (χ2v) is 6.50. The van der Waals surface area contributed by atoms with Crippen molar-refractivity contribution in [1.82, 2.24) is 25.0 Å². The lowest BCUT2D eigenvalue weighted by Gasteiger charge is -2.38. The standard InChI is InChI=1S/C15H21N5O3/c1-4-15-6-22-11(10(15)3)13(23-15)19-5-9(2)12(18-14(19)21)20-8-16-7-17-20/h5,7-8,10-13H,4,6H2,1-3H3,(H,18,21)/t10?,11-,12?,13+,15-/m0/s1. The Kier molecular flexibility index (Phi) is 3.21. The highest BCUT2D eigenvalue weighted by Gasteiger charge is 2.60. The van der Waals surface area contributed by atoms with E-state index in [1.165, 1.54) is 6.33 Å². The largest absolute Gasteiger partial charge is 0.370 e. The third-order valence-electron chi connectivity index (χ3n) is 5.32. The average molecular weight is 319 g/mol. The Bertz CT molecular complexity index is 646. The SMILES string of the molecule is CC[C@]12CO[C@@H](C1C)[C@H](N1C=C(C)C(n3cncn3)NC1=O)O2. The number of nitrogens with one attached hydrogen (secondary N) is 1. The summed E-state index contributed by atoms with van der Waals surface area (Å²) in [5, 5.41) is 7.04. The predicted octanol–water partition coefficient (Wildman–Crippen LogP) is 1.25. The molecule has 2 fully saturated rings. The molecule has 0 radical (unpaired) electrons. The molecule has 23 heavy (non-hydrogen) atoms. The van der Waals surface area contributed by atoms with Crippen molar-refractivity contribution in [2.75, 3.05) is 6.61 Å². The van der Waals surface area contributed by atoms with Gasteiger partial charge in [-0.3, -0.25) is 4.90 Å². The van der Waals surface area contributed by atoms with Crippen LogP contribution in [0.15, 0.2) is 24.4 Å². The molecular weight excluding hydrogens is 298 g/mol. The Morgan fingerprint density at radius 2 is 2.35 bits per heavy atom. The highest BCUT2D eigenvalue weighted by Crippen LogP contribution is 2.47. The Labute approximate surface area is 134 Å². The molecule has 2 bridgehead atoms. The van der Waals surface area contributed by atoms with Gasteiger partial charge in [0.15, 0.2) is 6.23 Å². The molecule has 5 atom stereocenters. The minimum absolute atomic E-state index is 0.0901. The first-order valence-corrected chi connectivity index (χ1v) is 7.96. The molecule has 8 heteroatoms. The molecule has 2 amide bonds. The van der Waals surface area contributed by atoms with E-state index in [9.17, 15) is 4.79 Å². The number of hydrogen-bond donors (Lipinski definition) is 1. The zero-order chi connectivity index (χ0) is 16.2. The first kappa shape index (κ1) is 14.6. The molecule has 0 aromatic carbocycles. The van der Waals surface area contributed by atoms with Crippen LogP contribution in [0.1, 0.15) is 33.4 Å². The van der Waals surface area contributed by atoms with Crippen molar-refractivity contribution >= 4 is 6.03 Å². The maximum absolute atomic E-state index is 12.6. The molecule has 1 aromatic heterocycles. The number of rotatable bonds is 3. The second-order valence-electron chi connectivity index (χ2n) is 6.50. The van der Waals surface area contributed by atoms with Crippen molar-refractivity contribution in [2.45, 2.75) is 51.3 Å². The number of hydrogen-bond acceptors (Lipinski definition) is 5. The topological polar surface area (TPSA) is 81.5 Å². The van der Waals surface area contributed by atoms with Gasteiger partial charge in [-0.1, -0.05) is 13.8 Å². The van der Waals surface area contributed by atoms with Crippen LogP contribution in [-0.4, -0.2) is 50.2 Å². The van der Waals surface area contributed by atoms with Crippen LogP contribution in [-0.2, 0) is 9.47 Å². The van der Waals surface area contributed by atoms with E-state index in [1.807, 2.05) is 13.1 Å². The third kappa shape index (κ3) is 2.01. The molecule has 4 rings (SSSR count). The van der Waals surface area contributed by atoms with E-state index in [2.05, 4.69) is 29.2 Å². The van der Waals surface area contributed by atoms with Crippen LogP contribution in [0, 0.1) is 5.92 Å². The molecule has 3 aliphatic rings. The predicted molar refractivity (Wildman–Crippen MR) is 80.0 cm³/mol. The van der Waals surface area contributed by atoms with E-state index in [0.717, 1.165) is 12.0 Å². The van der Waals surface area contributed by atoms with Gasteiger partial charge in [0.2, 0.25) is 0 Å². The smallest absolute Gasteiger partial charge is 0.325 e. The van der Waals surface area contributed by atoms with Crippen LogP contribution in [0.2, 0.25) is 0 Å². The molecule has 8 nitrogen and oxygen atoms in total. The Morgan fingerprint density at radius 1 is 1.52 bits per heavy atom. The van der Waals surface area contributed by atoms with Gasteiger partial charge in [0.05, 0.1) is 12.2 Å². The fraction of sp³-hybridized carbons (Fsp3) is 0.667. The van der Waals surface area contributed by atoms with Crippen LogP contribution in [0.5, 0.6) is 0 Å². The fourth-order valence-corrected chi connectivity index (χ4v) is 3.78. The van der Waals surface area contributed by atoms with Crippen LogP contribution < -0.4 is 5.32 Å². The molecule has 1 aromatic rings. The van der Waals surface area contributed by atoms with Gasteiger partial charge in [-0.15, -0.1) is 0 Å². The van der Waals surface area contributed by atoms with Crippen molar-refractivity contribution in [3.63, 3.8) is 0 Å². The van der Waals surface area contributed by atoms with Gasteiger partial charge in [-0.05, 0) is 18.9 Å². The van der Waals surface area contributed by atoms with Gasteiger partial charge in [-0.25, -0.2) is 14.5 Å². The maximum Gasteiger partial charge on any atom is 0.325 e. The number of aromatic nitrogens is 3. The lowest BCUT2D eigenvalue weighted by atomic mass is 9.88. The Morgan fingerprint density at radius 3 is 3.00 bits per heavy atom. The number of urea groups is 1. The van der Waals surface area contributed by atoms with Crippen molar-refractivity contribution in [1.29, 1.82) is 0 Å². The molecule has 2 unspecified atom stereocenters. The summed E-state index contributed by atoms with van der Waals surface area (Å²) >= 11 is 0. The van der Waals surface area contributed by atoms with Gasteiger partial charge in [0.25, 0.3) is 0 Å². The third-order valence-corrected chi connectivity index (χ3v) is 5.32. The molecule has 0 saturated carbocycles. The number of carbonyl (C=O) groups excluding carboxylic acids is 1. The van der Waals surface area contributed by atoms with Crippen LogP contribution in [0.3, 0.4) is 0 Å². The van der Waals surface area contributed by atoms with Gasteiger partial charge < -0.3 is 14.8 Å². The lowest BCUT2D eigenvalue weighted by Crippen LogP contribution is -2.54. The summed E-state index contributed by atoms with van der Waals surface area (Å²) < 4.78 is 13.8. The first-order chi connectivity index (χ1) is 11.1. The minimum atomic E-state index is -0.384. The number of nitrogens with zero attached hydrogens (tertiary/aromatic N) is 4. The maximum atomic E-state index is 12.6. The molecule has 0 spiro atoms. The van der Waals surface area contributed by atoms with Crippen molar-refractivity contribution < 1.29 is 14.3 Å². The van der Waals surface area contributed by atoms with E-state index >= 15 is 0 Å². The van der Waals surface area contributed by atoms with Gasteiger partial charge >= 0.3 is 6.03 Å². The Hall–Kier alpha value is -1.93. The van der Waals surface area contributed by atoms with Gasteiger partial charge in [-0.2, -0.15) is 5.10 Å². The molecule has 4 heterocycles. The van der Waals surface area contributed by atoms with Gasteiger partial charge in [0.1, 0.15) is 24.9 Å². The highest BCUT2D eigenvalue weighted by molar-refractivity contribution is 5.77. The number of ether oxygens (including phenoxy) is 2. The minimum Gasteiger partial charge on any atom is -0.370 e. The molecule has 0 aliphatic carbocycles. The molecular formula is C15H21N5O3. The number of fused-ring (bicyclic) bond motifs is 2. The monoisotopic (exact) mass is 319 g/mol. The number of amides is 2. The van der Waals surface area contributed by atoms with Gasteiger partial charge in [0, 0.05) is 12.1 Å².